The van der Waals surface area contributed by atoms with Crippen LogP contribution in [0.25, 0.3) is 0 Å². The lowest BCUT2D eigenvalue weighted by molar-refractivity contribution is 0.0583. The molecule has 16 heavy (non-hydrogen) atoms. The molecular weight excluding hydrogens is 226 g/mol. The predicted octanol–water partition coefficient (Wildman–Crippen LogP) is 0.266. The van der Waals surface area contributed by atoms with Crippen LogP contribution in [-0.2, 0) is 9.84 Å². The van der Waals surface area contributed by atoms with Crippen LogP contribution < -0.4 is 0 Å². The number of aliphatic hydroxyl groups excluding tert-OH is 1. The van der Waals surface area contributed by atoms with Crippen LogP contribution in [0.1, 0.15) is 26.2 Å². The molecular formula is C11H21NO3S. The fraction of sp³-hybridized carbons (Fsp3) is 1.00. The van der Waals surface area contributed by atoms with Crippen LogP contribution in [-0.4, -0.2) is 55.2 Å². The van der Waals surface area contributed by atoms with Crippen molar-refractivity contribution < 1.29 is 13.5 Å². The topological polar surface area (TPSA) is 57.6 Å². The average Bonchev–Trinajstić information content (AvgIpc) is 2.52. The quantitative estimate of drug-likeness (QED) is 0.761. The van der Waals surface area contributed by atoms with Gasteiger partial charge in [0, 0.05) is 0 Å². The van der Waals surface area contributed by atoms with Gasteiger partial charge in [-0.15, -0.1) is 0 Å². The number of hydrogen-bond donors (Lipinski definition) is 1. The Kier molecular flexibility index (Phi) is 3.56. The zero-order valence-electron chi connectivity index (χ0n) is 9.80. The first-order chi connectivity index (χ1) is 7.52. The van der Waals surface area contributed by atoms with E-state index in [0.717, 1.165) is 31.8 Å². The molecule has 0 aromatic carbocycles. The molecule has 0 aromatic heterocycles. The summed E-state index contributed by atoms with van der Waals surface area (Å²) in [5.74, 6) is 0.877. The fourth-order valence-electron chi connectivity index (χ4n) is 2.85. The second-order valence-corrected chi connectivity index (χ2v) is 7.25. The largest absolute Gasteiger partial charge is 0.390 e. The van der Waals surface area contributed by atoms with Crippen molar-refractivity contribution in [2.24, 2.45) is 5.92 Å². The van der Waals surface area contributed by atoms with Gasteiger partial charge in [-0.2, -0.15) is 0 Å². The summed E-state index contributed by atoms with van der Waals surface area (Å²) in [6.07, 6.45) is 2.81. The zero-order chi connectivity index (χ0) is 11.8. The lowest BCUT2D eigenvalue weighted by Crippen LogP contribution is -2.47. The maximum atomic E-state index is 11.4. The van der Waals surface area contributed by atoms with Crippen molar-refractivity contribution >= 4 is 9.84 Å². The Morgan fingerprint density at radius 3 is 2.31 bits per heavy atom. The number of aliphatic hydroxyl groups is 1. The van der Waals surface area contributed by atoms with Gasteiger partial charge in [-0.05, 0) is 31.8 Å². The summed E-state index contributed by atoms with van der Waals surface area (Å²) in [4.78, 5) is 2.17. The molecule has 94 valence electrons. The molecule has 0 aromatic rings. The Labute approximate surface area is 97.6 Å². The van der Waals surface area contributed by atoms with Gasteiger partial charge >= 0.3 is 0 Å². The molecule has 2 heterocycles. The first-order valence-electron chi connectivity index (χ1n) is 6.14. The highest BCUT2D eigenvalue weighted by atomic mass is 32.2. The Hall–Kier alpha value is -0.130. The second-order valence-electron chi connectivity index (χ2n) is 5.10. The molecule has 0 unspecified atom stereocenters. The Morgan fingerprint density at radius 1 is 1.25 bits per heavy atom. The highest BCUT2D eigenvalue weighted by Crippen LogP contribution is 2.25. The highest BCUT2D eigenvalue weighted by Gasteiger charge is 2.40. The summed E-state index contributed by atoms with van der Waals surface area (Å²) < 4.78 is 22.9. The Balaban J connectivity index is 1.95. The van der Waals surface area contributed by atoms with E-state index >= 15 is 0 Å². The summed E-state index contributed by atoms with van der Waals surface area (Å²) in [6.45, 7) is 4.08. The molecule has 0 aliphatic carbocycles. The maximum Gasteiger partial charge on any atom is 0.154 e. The van der Waals surface area contributed by atoms with Crippen LogP contribution >= 0.6 is 0 Å². The van der Waals surface area contributed by atoms with Crippen molar-refractivity contribution in [3.8, 4) is 0 Å². The number of piperidine rings is 1. The SMILES string of the molecule is CCC1CCN([C@@H]2CS(=O)(=O)C[C@H]2O)CC1. The Bertz CT molecular complexity index is 333. The second kappa shape index (κ2) is 4.63. The van der Waals surface area contributed by atoms with Crippen molar-refractivity contribution in [3.63, 3.8) is 0 Å². The smallest absolute Gasteiger partial charge is 0.154 e. The maximum absolute atomic E-state index is 11.4. The third kappa shape index (κ3) is 2.57. The van der Waals surface area contributed by atoms with E-state index in [-0.39, 0.29) is 17.5 Å². The molecule has 2 fully saturated rings. The average molecular weight is 247 g/mol. The minimum absolute atomic E-state index is 0.0502. The van der Waals surface area contributed by atoms with E-state index < -0.39 is 15.9 Å². The van der Waals surface area contributed by atoms with Gasteiger partial charge in [0.15, 0.2) is 9.84 Å². The van der Waals surface area contributed by atoms with Crippen molar-refractivity contribution in [1.82, 2.24) is 4.90 Å². The molecule has 2 rings (SSSR count). The molecule has 2 aliphatic heterocycles. The number of rotatable bonds is 2. The molecule has 2 saturated heterocycles. The highest BCUT2D eigenvalue weighted by molar-refractivity contribution is 7.91. The van der Waals surface area contributed by atoms with Gasteiger partial charge in [0.05, 0.1) is 23.7 Å². The summed E-state index contributed by atoms with van der Waals surface area (Å²) in [5.41, 5.74) is 0. The van der Waals surface area contributed by atoms with Crippen LogP contribution in [0.5, 0.6) is 0 Å². The van der Waals surface area contributed by atoms with Gasteiger partial charge < -0.3 is 5.11 Å². The van der Waals surface area contributed by atoms with Crippen LogP contribution in [0.3, 0.4) is 0 Å². The van der Waals surface area contributed by atoms with Crippen LogP contribution in [0.4, 0.5) is 0 Å². The fourth-order valence-corrected chi connectivity index (χ4v) is 4.68. The predicted molar refractivity (Wildman–Crippen MR) is 63.0 cm³/mol. The van der Waals surface area contributed by atoms with E-state index in [4.69, 9.17) is 0 Å². The van der Waals surface area contributed by atoms with Gasteiger partial charge in [0.2, 0.25) is 0 Å². The van der Waals surface area contributed by atoms with Crippen molar-refractivity contribution in [2.45, 2.75) is 38.3 Å². The Morgan fingerprint density at radius 2 is 1.88 bits per heavy atom. The molecule has 0 spiro atoms. The normalized spacial score (nSPS) is 36.6. The molecule has 2 aliphatic rings. The standard InChI is InChI=1S/C11H21NO3S/c1-2-9-3-5-12(6-4-9)10-7-16(14,15)8-11(10)13/h9-11,13H,2-8H2,1H3/t10-,11-/m1/s1. The van der Waals surface area contributed by atoms with Gasteiger partial charge in [-0.3, -0.25) is 4.90 Å². The molecule has 4 nitrogen and oxygen atoms in total. The molecule has 0 amide bonds. The van der Waals surface area contributed by atoms with E-state index in [1.54, 1.807) is 0 Å². The third-order valence-electron chi connectivity index (χ3n) is 3.99. The summed E-state index contributed by atoms with van der Waals surface area (Å²) in [7, 11) is -3.00. The third-order valence-corrected chi connectivity index (χ3v) is 5.69. The van der Waals surface area contributed by atoms with Crippen LogP contribution in [0.2, 0.25) is 0 Å². The minimum atomic E-state index is -3.00. The molecule has 5 heteroatoms. The minimum Gasteiger partial charge on any atom is -0.390 e. The first-order valence-corrected chi connectivity index (χ1v) is 7.96. The summed E-state index contributed by atoms with van der Waals surface area (Å²) in [6, 6.07) is -0.150. The summed E-state index contributed by atoms with van der Waals surface area (Å²) in [5, 5.41) is 9.78. The number of likely N-dealkylation sites (tertiary alicyclic amines) is 1. The van der Waals surface area contributed by atoms with E-state index in [1.165, 1.54) is 6.42 Å². The van der Waals surface area contributed by atoms with Gasteiger partial charge in [0.25, 0.3) is 0 Å². The van der Waals surface area contributed by atoms with Gasteiger partial charge in [-0.25, -0.2) is 8.42 Å². The molecule has 0 saturated carbocycles. The lowest BCUT2D eigenvalue weighted by Gasteiger charge is -2.36. The number of sulfone groups is 1. The first kappa shape index (κ1) is 12.3. The summed E-state index contributed by atoms with van der Waals surface area (Å²) >= 11 is 0. The van der Waals surface area contributed by atoms with E-state index in [0.29, 0.717) is 0 Å². The van der Waals surface area contributed by atoms with Crippen molar-refractivity contribution in [2.75, 3.05) is 24.6 Å². The zero-order valence-corrected chi connectivity index (χ0v) is 10.6. The monoisotopic (exact) mass is 247 g/mol. The van der Waals surface area contributed by atoms with E-state index in [2.05, 4.69) is 11.8 Å². The van der Waals surface area contributed by atoms with E-state index in [1.807, 2.05) is 0 Å². The number of hydrogen-bond acceptors (Lipinski definition) is 4. The van der Waals surface area contributed by atoms with Crippen molar-refractivity contribution in [1.29, 1.82) is 0 Å². The van der Waals surface area contributed by atoms with Crippen LogP contribution in [0, 0.1) is 5.92 Å². The van der Waals surface area contributed by atoms with Crippen LogP contribution in [0.15, 0.2) is 0 Å². The van der Waals surface area contributed by atoms with E-state index in [9.17, 15) is 13.5 Å². The molecule has 2 atom stereocenters. The van der Waals surface area contributed by atoms with Crippen molar-refractivity contribution in [3.05, 3.63) is 0 Å². The molecule has 1 N–H and O–H groups in total. The van der Waals surface area contributed by atoms with Gasteiger partial charge in [-0.1, -0.05) is 13.3 Å². The number of nitrogens with zero attached hydrogens (tertiary/aromatic N) is 1. The molecule has 0 bridgehead atoms. The molecule has 0 radical (unpaired) electrons. The lowest BCUT2D eigenvalue weighted by atomic mass is 9.93. The van der Waals surface area contributed by atoms with Gasteiger partial charge in [0.1, 0.15) is 0 Å².